The van der Waals surface area contributed by atoms with Gasteiger partial charge in [-0.2, -0.15) is 0 Å². The molecule has 0 saturated carbocycles. The molecule has 0 saturated heterocycles. The number of aromatic nitrogens is 4. The number of hydrogen-bond donors (Lipinski definition) is 0. The highest BCUT2D eigenvalue weighted by Crippen LogP contribution is 2.16. The summed E-state index contributed by atoms with van der Waals surface area (Å²) < 4.78 is 1.64. The Morgan fingerprint density at radius 2 is 2.29 bits per heavy atom. The Kier molecular flexibility index (Phi) is 2.17. The number of ketones is 1. The highest BCUT2D eigenvalue weighted by atomic mass is 35.5. The lowest BCUT2D eigenvalue weighted by Crippen LogP contribution is -2.05. The third-order valence-electron chi connectivity index (χ3n) is 1.75. The van der Waals surface area contributed by atoms with Crippen molar-refractivity contribution in [2.45, 2.75) is 13.5 Å². The number of carbonyl (C=O) groups excluding carboxylic acids is 1. The van der Waals surface area contributed by atoms with Gasteiger partial charge in [0.05, 0.1) is 12.9 Å². The second-order valence-electron chi connectivity index (χ2n) is 2.91. The molecule has 0 spiro atoms. The molecule has 0 aliphatic rings. The number of hydrogen-bond acceptors (Lipinski definition) is 4. The molecule has 0 bridgehead atoms. The van der Waals surface area contributed by atoms with Crippen molar-refractivity contribution in [3.8, 4) is 0 Å². The number of Topliss-reactive ketones (excluding diaryl/α,β-unsaturated/α-hetero) is 1. The first kappa shape index (κ1) is 9.08. The van der Waals surface area contributed by atoms with E-state index in [1.165, 1.54) is 19.6 Å². The molecule has 14 heavy (non-hydrogen) atoms. The minimum atomic E-state index is 0.0408. The number of rotatable bonds is 2. The first-order valence-electron chi connectivity index (χ1n) is 3.99. The normalized spacial score (nSPS) is 10.7. The van der Waals surface area contributed by atoms with Crippen LogP contribution in [0.1, 0.15) is 6.92 Å². The quantitative estimate of drug-likeness (QED) is 0.696. The van der Waals surface area contributed by atoms with Crippen molar-refractivity contribution in [3.63, 3.8) is 0 Å². The number of halogens is 1. The molecule has 72 valence electrons. The summed E-state index contributed by atoms with van der Waals surface area (Å²) >= 11 is 5.80. The molecule has 0 radical (unpaired) electrons. The number of nitrogens with zero attached hydrogens (tertiary/aromatic N) is 4. The van der Waals surface area contributed by atoms with Gasteiger partial charge in [-0.25, -0.2) is 15.0 Å². The topological polar surface area (TPSA) is 60.7 Å². The first-order valence-corrected chi connectivity index (χ1v) is 4.37. The number of imidazole rings is 1. The smallest absolute Gasteiger partial charge is 0.165 e. The van der Waals surface area contributed by atoms with Gasteiger partial charge in [0.25, 0.3) is 0 Å². The highest BCUT2D eigenvalue weighted by Gasteiger charge is 2.08. The van der Waals surface area contributed by atoms with E-state index in [0.29, 0.717) is 16.3 Å². The lowest BCUT2D eigenvalue weighted by molar-refractivity contribution is -0.117. The van der Waals surface area contributed by atoms with Crippen molar-refractivity contribution in [3.05, 3.63) is 17.8 Å². The average Bonchev–Trinajstić information content (AvgIpc) is 2.49. The van der Waals surface area contributed by atoms with Crippen LogP contribution >= 0.6 is 11.6 Å². The van der Waals surface area contributed by atoms with Crippen LogP contribution in [0.2, 0.25) is 5.15 Å². The fourth-order valence-corrected chi connectivity index (χ4v) is 1.38. The van der Waals surface area contributed by atoms with Crippen molar-refractivity contribution in [2.24, 2.45) is 0 Å². The number of carbonyl (C=O) groups is 1. The van der Waals surface area contributed by atoms with Gasteiger partial charge in [0, 0.05) is 0 Å². The summed E-state index contributed by atoms with van der Waals surface area (Å²) in [5.74, 6) is 0.0408. The van der Waals surface area contributed by atoms with Crippen LogP contribution in [0.4, 0.5) is 0 Å². The Morgan fingerprint density at radius 3 is 3.00 bits per heavy atom. The molecule has 0 aliphatic heterocycles. The van der Waals surface area contributed by atoms with Gasteiger partial charge in [0.2, 0.25) is 0 Å². The van der Waals surface area contributed by atoms with Crippen LogP contribution in [0.5, 0.6) is 0 Å². The van der Waals surface area contributed by atoms with Crippen LogP contribution in [0.25, 0.3) is 11.2 Å². The second kappa shape index (κ2) is 3.34. The van der Waals surface area contributed by atoms with E-state index < -0.39 is 0 Å². The lowest BCUT2D eigenvalue weighted by atomic mass is 10.4. The standard InChI is InChI=1S/C8H7ClN4O/c1-5(14)2-13-4-12-6-7(9)10-3-11-8(6)13/h3-4H,2H2,1H3. The predicted molar refractivity (Wildman–Crippen MR) is 51.0 cm³/mol. The van der Waals surface area contributed by atoms with Gasteiger partial charge in [0.1, 0.15) is 17.6 Å². The van der Waals surface area contributed by atoms with E-state index in [1.807, 2.05) is 0 Å². The third kappa shape index (κ3) is 1.46. The monoisotopic (exact) mass is 210 g/mol. The Morgan fingerprint density at radius 1 is 1.50 bits per heavy atom. The molecule has 2 heterocycles. The molecule has 2 rings (SSSR count). The van der Waals surface area contributed by atoms with Gasteiger partial charge in [-0.1, -0.05) is 11.6 Å². The molecule has 0 aliphatic carbocycles. The van der Waals surface area contributed by atoms with Gasteiger partial charge in [-0.05, 0) is 6.92 Å². The zero-order chi connectivity index (χ0) is 10.1. The Labute approximate surface area is 84.8 Å². The largest absolute Gasteiger partial charge is 0.308 e. The molecule has 2 aromatic heterocycles. The molecule has 0 fully saturated rings. The van der Waals surface area contributed by atoms with Crippen molar-refractivity contribution in [1.29, 1.82) is 0 Å². The molecule has 0 atom stereocenters. The fourth-order valence-electron chi connectivity index (χ4n) is 1.21. The summed E-state index contributed by atoms with van der Waals surface area (Å²) in [6.07, 6.45) is 2.88. The van der Waals surface area contributed by atoms with Crippen molar-refractivity contribution < 1.29 is 4.79 Å². The van der Waals surface area contributed by atoms with Crippen molar-refractivity contribution >= 4 is 28.5 Å². The second-order valence-corrected chi connectivity index (χ2v) is 3.27. The molecular formula is C8H7ClN4O. The summed E-state index contributed by atoms with van der Waals surface area (Å²) in [4.78, 5) is 22.7. The van der Waals surface area contributed by atoms with Gasteiger partial charge >= 0.3 is 0 Å². The maximum atomic E-state index is 10.9. The van der Waals surface area contributed by atoms with E-state index in [1.54, 1.807) is 4.57 Å². The van der Waals surface area contributed by atoms with Crippen LogP contribution in [0, 0.1) is 0 Å². The minimum absolute atomic E-state index is 0.0408. The molecular weight excluding hydrogens is 204 g/mol. The third-order valence-corrected chi connectivity index (χ3v) is 2.03. The van der Waals surface area contributed by atoms with Crippen LogP contribution in [-0.2, 0) is 11.3 Å². The molecule has 0 aromatic carbocycles. The summed E-state index contributed by atoms with van der Waals surface area (Å²) in [5.41, 5.74) is 1.11. The van der Waals surface area contributed by atoms with Crippen molar-refractivity contribution in [1.82, 2.24) is 19.5 Å². The summed E-state index contributed by atoms with van der Waals surface area (Å²) in [6.45, 7) is 1.76. The van der Waals surface area contributed by atoms with E-state index in [0.717, 1.165) is 0 Å². The molecule has 0 N–H and O–H groups in total. The molecule has 6 heteroatoms. The maximum absolute atomic E-state index is 10.9. The van der Waals surface area contributed by atoms with Gasteiger partial charge in [0.15, 0.2) is 10.8 Å². The fraction of sp³-hybridized carbons (Fsp3) is 0.250. The highest BCUT2D eigenvalue weighted by molar-refractivity contribution is 6.33. The molecule has 5 nitrogen and oxygen atoms in total. The SMILES string of the molecule is CC(=O)Cn1cnc2c(Cl)ncnc21. The summed E-state index contributed by atoms with van der Waals surface area (Å²) in [7, 11) is 0. The average molecular weight is 211 g/mol. The lowest BCUT2D eigenvalue weighted by Gasteiger charge is -1.98. The van der Waals surface area contributed by atoms with Crippen molar-refractivity contribution in [2.75, 3.05) is 0 Å². The van der Waals surface area contributed by atoms with Crippen LogP contribution in [0.3, 0.4) is 0 Å². The Hall–Kier alpha value is -1.49. The van der Waals surface area contributed by atoms with Gasteiger partial charge < -0.3 is 4.57 Å². The van der Waals surface area contributed by atoms with E-state index >= 15 is 0 Å². The minimum Gasteiger partial charge on any atom is -0.308 e. The van der Waals surface area contributed by atoms with E-state index in [4.69, 9.17) is 11.6 Å². The van der Waals surface area contributed by atoms with E-state index in [-0.39, 0.29) is 12.3 Å². The Bertz CT molecular complexity index is 493. The summed E-state index contributed by atoms with van der Waals surface area (Å²) in [5, 5.41) is 0.303. The summed E-state index contributed by atoms with van der Waals surface area (Å²) in [6, 6.07) is 0. The Balaban J connectivity index is 2.58. The van der Waals surface area contributed by atoms with E-state index in [9.17, 15) is 4.79 Å². The van der Waals surface area contributed by atoms with Crippen LogP contribution in [0.15, 0.2) is 12.7 Å². The zero-order valence-electron chi connectivity index (χ0n) is 7.44. The van der Waals surface area contributed by atoms with Crippen LogP contribution in [-0.4, -0.2) is 25.3 Å². The van der Waals surface area contributed by atoms with Gasteiger partial charge in [-0.3, -0.25) is 4.79 Å². The predicted octanol–water partition coefficient (Wildman–Crippen LogP) is 1.07. The zero-order valence-corrected chi connectivity index (χ0v) is 8.19. The van der Waals surface area contributed by atoms with E-state index in [2.05, 4.69) is 15.0 Å². The number of fused-ring (bicyclic) bond motifs is 1. The van der Waals surface area contributed by atoms with Crippen LogP contribution < -0.4 is 0 Å². The van der Waals surface area contributed by atoms with Gasteiger partial charge in [-0.15, -0.1) is 0 Å². The molecule has 0 amide bonds. The molecule has 2 aromatic rings. The molecule has 0 unspecified atom stereocenters. The maximum Gasteiger partial charge on any atom is 0.165 e. The first-order chi connectivity index (χ1) is 6.68.